The highest BCUT2D eigenvalue weighted by Crippen LogP contribution is 2.22. The van der Waals surface area contributed by atoms with Gasteiger partial charge in [0.25, 0.3) is 0 Å². The predicted octanol–water partition coefficient (Wildman–Crippen LogP) is 3.91. The van der Waals surface area contributed by atoms with Gasteiger partial charge in [-0.3, -0.25) is 4.79 Å². The monoisotopic (exact) mass is 370 g/mol. The highest BCUT2D eigenvalue weighted by atomic mass is 32.2. The number of anilines is 1. The Balaban J connectivity index is 1.71. The minimum absolute atomic E-state index is 0.0817. The summed E-state index contributed by atoms with van der Waals surface area (Å²) < 4.78 is 5.53. The number of para-hydroxylation sites is 1. The number of nitrogens with zero attached hydrogens (tertiary/aromatic N) is 1. The van der Waals surface area contributed by atoms with Crippen LogP contribution in [0.3, 0.4) is 0 Å². The fourth-order valence-electron chi connectivity index (χ4n) is 2.86. The minimum Gasteiger partial charge on any atom is -0.494 e. The van der Waals surface area contributed by atoms with Crippen LogP contribution in [0.4, 0.5) is 5.69 Å². The Labute approximate surface area is 157 Å². The van der Waals surface area contributed by atoms with Crippen molar-refractivity contribution < 1.29 is 14.5 Å². The average molecular weight is 370 g/mol. The van der Waals surface area contributed by atoms with E-state index in [4.69, 9.17) is 4.74 Å². The maximum Gasteiger partial charge on any atom is 0.315 e. The van der Waals surface area contributed by atoms with Gasteiger partial charge in [0, 0.05) is 17.8 Å². The number of rotatable bonds is 7. The Morgan fingerprint density at radius 3 is 2.69 bits per heavy atom. The number of aromatic nitrogens is 2. The molecule has 5 nitrogen and oxygen atoms in total. The third-order valence-corrected chi connectivity index (χ3v) is 4.84. The third kappa shape index (κ3) is 4.19. The van der Waals surface area contributed by atoms with Gasteiger partial charge in [0.1, 0.15) is 5.75 Å². The highest BCUT2D eigenvalue weighted by Gasteiger charge is 2.21. The van der Waals surface area contributed by atoms with Crippen molar-refractivity contribution in [1.82, 2.24) is 4.98 Å². The number of hydrogen-bond donors (Lipinski definition) is 1. The van der Waals surface area contributed by atoms with Crippen LogP contribution < -0.4 is 14.6 Å². The molecule has 2 aromatic carbocycles. The smallest absolute Gasteiger partial charge is 0.315 e. The van der Waals surface area contributed by atoms with E-state index in [1.165, 1.54) is 11.8 Å². The van der Waals surface area contributed by atoms with Crippen LogP contribution in [0.25, 0.3) is 11.0 Å². The van der Waals surface area contributed by atoms with Gasteiger partial charge >= 0.3 is 5.16 Å². The molecule has 1 aromatic heterocycles. The largest absolute Gasteiger partial charge is 0.494 e. The van der Waals surface area contributed by atoms with Crippen LogP contribution in [-0.4, -0.2) is 29.3 Å². The molecule has 6 heteroatoms. The average Bonchev–Trinajstić information content (AvgIpc) is 3.03. The maximum atomic E-state index is 12.8. The summed E-state index contributed by atoms with van der Waals surface area (Å²) in [5, 5.41) is 0.860. The molecule has 0 unspecified atom stereocenters. The molecule has 0 spiro atoms. The number of H-pyrrole nitrogens is 2. The van der Waals surface area contributed by atoms with Gasteiger partial charge in [-0.2, -0.15) is 0 Å². The predicted molar refractivity (Wildman–Crippen MR) is 106 cm³/mol. The number of imidazole rings is 1. The fraction of sp³-hybridized carbons (Fsp3) is 0.300. The molecule has 0 fully saturated rings. The molecule has 3 aromatic rings. The van der Waals surface area contributed by atoms with Crippen molar-refractivity contribution in [1.29, 1.82) is 0 Å². The van der Waals surface area contributed by atoms with Crippen LogP contribution in [0, 0.1) is 0 Å². The number of carbonyl (C=O) groups is 1. The zero-order chi connectivity index (χ0) is 18.5. The molecule has 2 N–H and O–H groups in total. The summed E-state index contributed by atoms with van der Waals surface area (Å²) in [6.07, 6.45) is 0. The molecule has 0 saturated carbocycles. The number of ether oxygens (including phenoxy) is 1. The summed E-state index contributed by atoms with van der Waals surface area (Å²) in [5.74, 6) is 1.27. The molecule has 0 atom stereocenters. The second-order valence-corrected chi connectivity index (χ2v) is 7.19. The summed E-state index contributed by atoms with van der Waals surface area (Å²) in [6.45, 7) is 6.65. The molecule has 0 aliphatic rings. The molecule has 1 amide bonds. The second kappa shape index (κ2) is 8.27. The Kier molecular flexibility index (Phi) is 5.83. The Hall–Kier alpha value is -2.47. The Morgan fingerprint density at radius 1 is 1.23 bits per heavy atom. The van der Waals surface area contributed by atoms with E-state index in [0.29, 0.717) is 12.4 Å². The quantitative estimate of drug-likeness (QED) is 0.642. The van der Waals surface area contributed by atoms with E-state index in [-0.39, 0.29) is 11.9 Å². The first-order chi connectivity index (χ1) is 12.6. The summed E-state index contributed by atoms with van der Waals surface area (Å²) >= 11 is 1.47. The van der Waals surface area contributed by atoms with E-state index in [2.05, 4.69) is 9.97 Å². The molecule has 26 heavy (non-hydrogen) atoms. The molecule has 1 heterocycles. The fourth-order valence-corrected chi connectivity index (χ4v) is 3.63. The standard InChI is InChI=1S/C20H23N3O2S/c1-4-25-16-10-11-17-18(12-16)22-20(21-17)26-13-19(24)23(14(2)3)15-8-6-5-7-9-15/h5-12,14H,4,13H2,1-3H3,(H,21,22)/p+1. The SMILES string of the molecule is CCOc1ccc2[nH+]c(SCC(=O)N(c3ccccc3)C(C)C)[nH]c2c1. The van der Waals surface area contributed by atoms with Crippen LogP contribution in [0.15, 0.2) is 53.7 Å². The van der Waals surface area contributed by atoms with E-state index < -0.39 is 0 Å². The summed E-state index contributed by atoms with van der Waals surface area (Å²) in [5.41, 5.74) is 2.89. The van der Waals surface area contributed by atoms with Crippen LogP contribution in [0.5, 0.6) is 5.75 Å². The van der Waals surface area contributed by atoms with Crippen molar-refractivity contribution >= 4 is 34.4 Å². The van der Waals surface area contributed by atoms with Crippen LogP contribution in [0.1, 0.15) is 20.8 Å². The molecule has 0 radical (unpaired) electrons. The van der Waals surface area contributed by atoms with E-state index in [1.807, 2.05) is 74.2 Å². The van der Waals surface area contributed by atoms with Gasteiger partial charge in [-0.1, -0.05) is 18.2 Å². The number of carbonyl (C=O) groups excluding carboxylic acids is 1. The van der Waals surface area contributed by atoms with E-state index in [9.17, 15) is 4.79 Å². The molecule has 0 aliphatic heterocycles. The lowest BCUT2D eigenvalue weighted by Gasteiger charge is -2.26. The molecule has 3 rings (SSSR count). The number of benzene rings is 2. The zero-order valence-electron chi connectivity index (χ0n) is 15.3. The van der Waals surface area contributed by atoms with Crippen molar-refractivity contribution in [2.45, 2.75) is 32.0 Å². The van der Waals surface area contributed by atoms with Crippen molar-refractivity contribution in [3.05, 3.63) is 48.5 Å². The number of aromatic amines is 2. The first kappa shape index (κ1) is 18.3. The van der Waals surface area contributed by atoms with Gasteiger partial charge in [0.2, 0.25) is 5.91 Å². The normalized spacial score (nSPS) is 11.1. The maximum absolute atomic E-state index is 12.8. The lowest BCUT2D eigenvalue weighted by Crippen LogP contribution is -2.38. The van der Waals surface area contributed by atoms with Gasteiger partial charge < -0.3 is 9.64 Å². The first-order valence-corrected chi connectivity index (χ1v) is 9.74. The summed E-state index contributed by atoms with van der Waals surface area (Å²) in [6, 6.07) is 15.8. The highest BCUT2D eigenvalue weighted by molar-refractivity contribution is 7.99. The first-order valence-electron chi connectivity index (χ1n) is 8.76. The third-order valence-electron chi connectivity index (χ3n) is 3.96. The second-order valence-electron chi connectivity index (χ2n) is 6.20. The van der Waals surface area contributed by atoms with Gasteiger partial charge in [0.15, 0.2) is 11.0 Å². The number of amides is 1. The van der Waals surface area contributed by atoms with Crippen LogP contribution >= 0.6 is 11.8 Å². The summed E-state index contributed by atoms with van der Waals surface area (Å²) in [7, 11) is 0. The topological polar surface area (TPSA) is 59.5 Å². The molecule has 136 valence electrons. The molecule has 0 bridgehead atoms. The van der Waals surface area contributed by atoms with Crippen LogP contribution in [-0.2, 0) is 4.79 Å². The van der Waals surface area contributed by atoms with E-state index in [1.54, 1.807) is 0 Å². The number of fused-ring (bicyclic) bond motifs is 1. The lowest BCUT2D eigenvalue weighted by atomic mass is 10.2. The van der Waals surface area contributed by atoms with Gasteiger partial charge in [-0.25, -0.2) is 9.97 Å². The number of hydrogen-bond acceptors (Lipinski definition) is 3. The molecular weight excluding hydrogens is 346 g/mol. The van der Waals surface area contributed by atoms with Crippen molar-refractivity contribution in [3.63, 3.8) is 0 Å². The van der Waals surface area contributed by atoms with Gasteiger partial charge in [0.05, 0.1) is 12.4 Å². The Bertz CT molecular complexity index is 877. The van der Waals surface area contributed by atoms with E-state index in [0.717, 1.165) is 27.6 Å². The Morgan fingerprint density at radius 2 is 2.00 bits per heavy atom. The van der Waals surface area contributed by atoms with E-state index >= 15 is 0 Å². The molecule has 0 aliphatic carbocycles. The van der Waals surface area contributed by atoms with Gasteiger partial charge in [-0.15, -0.1) is 0 Å². The van der Waals surface area contributed by atoms with Crippen molar-refractivity contribution in [3.8, 4) is 5.75 Å². The lowest BCUT2D eigenvalue weighted by molar-refractivity contribution is -0.396. The zero-order valence-corrected chi connectivity index (χ0v) is 16.1. The van der Waals surface area contributed by atoms with Gasteiger partial charge in [-0.05, 0) is 56.8 Å². The number of nitrogens with one attached hydrogen (secondary N) is 2. The minimum atomic E-state index is 0.0817. The molecule has 0 saturated heterocycles. The molecular formula is C20H24N3O2S+. The van der Waals surface area contributed by atoms with Crippen LogP contribution in [0.2, 0.25) is 0 Å². The van der Waals surface area contributed by atoms with Crippen molar-refractivity contribution in [2.75, 3.05) is 17.3 Å². The van der Waals surface area contributed by atoms with Crippen molar-refractivity contribution in [2.24, 2.45) is 0 Å². The number of thioether (sulfide) groups is 1. The summed E-state index contributed by atoms with van der Waals surface area (Å²) in [4.78, 5) is 21.2.